The highest BCUT2D eigenvalue weighted by Gasteiger charge is 2.18. The molecule has 1 aromatic carbocycles. The van der Waals surface area contributed by atoms with Gasteiger partial charge in [0.15, 0.2) is 0 Å². The molecule has 3 nitrogen and oxygen atoms in total. The van der Waals surface area contributed by atoms with Crippen molar-refractivity contribution in [1.82, 2.24) is 10.2 Å². The van der Waals surface area contributed by atoms with Gasteiger partial charge in [0.05, 0.1) is 7.11 Å². The normalized spacial score (nSPS) is 17.4. The van der Waals surface area contributed by atoms with Gasteiger partial charge in [-0.1, -0.05) is 24.6 Å². The van der Waals surface area contributed by atoms with Crippen LogP contribution in [0.15, 0.2) is 18.2 Å². The zero-order chi connectivity index (χ0) is 14.4. The third-order valence-electron chi connectivity index (χ3n) is 4.14. The molecule has 20 heavy (non-hydrogen) atoms. The molecule has 0 unspecified atom stereocenters. The van der Waals surface area contributed by atoms with Gasteiger partial charge in [0, 0.05) is 18.2 Å². The number of nitrogens with one attached hydrogen (secondary N) is 1. The largest absolute Gasteiger partial charge is 0.496 e. The summed E-state index contributed by atoms with van der Waals surface area (Å²) >= 11 is 0. The lowest BCUT2D eigenvalue weighted by molar-refractivity contribution is 0.197. The second-order valence-corrected chi connectivity index (χ2v) is 5.81. The van der Waals surface area contributed by atoms with Gasteiger partial charge in [0.2, 0.25) is 0 Å². The molecule has 0 radical (unpaired) electrons. The van der Waals surface area contributed by atoms with Crippen molar-refractivity contribution < 1.29 is 4.74 Å². The van der Waals surface area contributed by atoms with Crippen molar-refractivity contribution in [1.29, 1.82) is 0 Å². The second-order valence-electron chi connectivity index (χ2n) is 5.81. The molecule has 3 heteroatoms. The molecule has 112 valence electrons. The van der Waals surface area contributed by atoms with Gasteiger partial charge in [-0.25, -0.2) is 0 Å². The van der Waals surface area contributed by atoms with Crippen LogP contribution in [0.25, 0.3) is 0 Å². The lowest BCUT2D eigenvalue weighted by atomic mass is 10.0. The van der Waals surface area contributed by atoms with Crippen LogP contribution < -0.4 is 10.1 Å². The molecule has 0 saturated carbocycles. The highest BCUT2D eigenvalue weighted by atomic mass is 16.5. The van der Waals surface area contributed by atoms with Gasteiger partial charge in [-0.2, -0.15) is 0 Å². The Labute approximate surface area is 123 Å². The molecule has 0 aliphatic carbocycles. The summed E-state index contributed by atoms with van der Waals surface area (Å²) in [5, 5.41) is 3.70. The number of piperidine rings is 1. The fourth-order valence-corrected chi connectivity index (χ4v) is 2.98. The van der Waals surface area contributed by atoms with E-state index in [4.69, 9.17) is 4.74 Å². The Morgan fingerprint density at radius 1 is 1.30 bits per heavy atom. The van der Waals surface area contributed by atoms with E-state index in [2.05, 4.69) is 42.3 Å². The Kier molecular flexibility index (Phi) is 5.86. The van der Waals surface area contributed by atoms with Crippen LogP contribution >= 0.6 is 0 Å². The summed E-state index contributed by atoms with van der Waals surface area (Å²) < 4.78 is 5.44. The van der Waals surface area contributed by atoms with Crippen molar-refractivity contribution in [2.75, 3.05) is 26.7 Å². The Morgan fingerprint density at radius 2 is 2.05 bits per heavy atom. The molecule has 1 saturated heterocycles. The number of ether oxygens (including phenoxy) is 1. The fraction of sp³-hybridized carbons (Fsp3) is 0.647. The Hall–Kier alpha value is -1.06. The van der Waals surface area contributed by atoms with Gasteiger partial charge < -0.3 is 15.0 Å². The van der Waals surface area contributed by atoms with E-state index in [1.165, 1.54) is 50.0 Å². The third kappa shape index (κ3) is 4.22. The van der Waals surface area contributed by atoms with Crippen LogP contribution in [-0.2, 0) is 6.54 Å². The zero-order valence-corrected chi connectivity index (χ0v) is 13.1. The number of rotatable bonds is 6. The first kappa shape index (κ1) is 15.3. The number of methoxy groups -OCH3 is 1. The van der Waals surface area contributed by atoms with Crippen molar-refractivity contribution in [2.45, 2.75) is 45.7 Å². The first-order valence-electron chi connectivity index (χ1n) is 7.82. The minimum absolute atomic E-state index is 0.647. The maximum atomic E-state index is 5.44. The van der Waals surface area contributed by atoms with E-state index in [-0.39, 0.29) is 0 Å². The summed E-state index contributed by atoms with van der Waals surface area (Å²) in [6.07, 6.45) is 3.78. The summed E-state index contributed by atoms with van der Waals surface area (Å²) in [7, 11) is 1.75. The molecule has 1 N–H and O–H groups in total. The van der Waals surface area contributed by atoms with Crippen LogP contribution in [0.1, 0.15) is 37.3 Å². The Balaban J connectivity index is 1.83. The summed E-state index contributed by atoms with van der Waals surface area (Å²) in [6, 6.07) is 7.04. The number of nitrogens with zero attached hydrogens (tertiary/aromatic N) is 1. The summed E-state index contributed by atoms with van der Waals surface area (Å²) in [5.74, 6) is 0.992. The van der Waals surface area contributed by atoms with Crippen LogP contribution in [0.2, 0.25) is 0 Å². The summed E-state index contributed by atoms with van der Waals surface area (Å²) in [6.45, 7) is 9.01. The van der Waals surface area contributed by atoms with E-state index in [9.17, 15) is 0 Å². The second kappa shape index (κ2) is 7.65. The van der Waals surface area contributed by atoms with Crippen LogP contribution in [0.5, 0.6) is 5.75 Å². The fourth-order valence-electron chi connectivity index (χ4n) is 2.98. The van der Waals surface area contributed by atoms with Crippen LogP contribution in [-0.4, -0.2) is 37.7 Å². The molecule has 0 bridgehead atoms. The minimum Gasteiger partial charge on any atom is -0.496 e. The van der Waals surface area contributed by atoms with Crippen molar-refractivity contribution in [3.8, 4) is 5.75 Å². The predicted molar refractivity (Wildman–Crippen MR) is 84.3 cm³/mol. The zero-order valence-electron chi connectivity index (χ0n) is 13.1. The van der Waals surface area contributed by atoms with Gasteiger partial charge >= 0.3 is 0 Å². The van der Waals surface area contributed by atoms with Crippen LogP contribution in [0.4, 0.5) is 0 Å². The minimum atomic E-state index is 0.647. The van der Waals surface area contributed by atoms with Crippen molar-refractivity contribution in [2.24, 2.45) is 0 Å². The first-order valence-corrected chi connectivity index (χ1v) is 7.82. The SMILES string of the molecule is CCCN1CCC(NCc2cc(C)ccc2OC)CC1. The summed E-state index contributed by atoms with van der Waals surface area (Å²) in [5.41, 5.74) is 2.56. The standard InChI is InChI=1S/C17H28N2O/c1-4-9-19-10-7-16(8-11-19)18-13-15-12-14(2)5-6-17(15)20-3/h5-6,12,16,18H,4,7-11,13H2,1-3H3. The Bertz CT molecular complexity index is 411. The molecule has 2 rings (SSSR count). The van der Waals surface area contributed by atoms with Crippen molar-refractivity contribution in [3.05, 3.63) is 29.3 Å². The van der Waals surface area contributed by atoms with E-state index in [0.29, 0.717) is 6.04 Å². The number of likely N-dealkylation sites (tertiary alicyclic amines) is 1. The molecule has 1 aliphatic rings. The lowest BCUT2D eigenvalue weighted by Gasteiger charge is -2.32. The quantitative estimate of drug-likeness (QED) is 0.864. The maximum absolute atomic E-state index is 5.44. The Morgan fingerprint density at radius 3 is 2.70 bits per heavy atom. The number of hydrogen-bond donors (Lipinski definition) is 1. The van der Waals surface area contributed by atoms with Crippen LogP contribution in [0, 0.1) is 6.92 Å². The molecule has 1 heterocycles. The average Bonchev–Trinajstić information content (AvgIpc) is 2.47. The number of hydrogen-bond acceptors (Lipinski definition) is 3. The topological polar surface area (TPSA) is 24.5 Å². The number of benzene rings is 1. The van der Waals surface area contributed by atoms with Crippen LogP contribution in [0.3, 0.4) is 0 Å². The molecular formula is C17H28N2O. The van der Waals surface area contributed by atoms with Gasteiger partial charge in [0.25, 0.3) is 0 Å². The molecule has 0 spiro atoms. The lowest BCUT2D eigenvalue weighted by Crippen LogP contribution is -2.42. The molecule has 0 amide bonds. The van der Waals surface area contributed by atoms with Crippen molar-refractivity contribution >= 4 is 0 Å². The third-order valence-corrected chi connectivity index (χ3v) is 4.14. The predicted octanol–water partition coefficient (Wildman–Crippen LogP) is 2.97. The highest BCUT2D eigenvalue weighted by molar-refractivity contribution is 5.36. The molecule has 1 aromatic rings. The first-order chi connectivity index (χ1) is 9.72. The van der Waals surface area contributed by atoms with Crippen molar-refractivity contribution in [3.63, 3.8) is 0 Å². The smallest absolute Gasteiger partial charge is 0.123 e. The van der Waals surface area contributed by atoms with Gasteiger partial charge in [0.1, 0.15) is 5.75 Å². The molecule has 0 atom stereocenters. The van der Waals surface area contributed by atoms with E-state index < -0.39 is 0 Å². The summed E-state index contributed by atoms with van der Waals surface area (Å²) in [4.78, 5) is 2.57. The van der Waals surface area contributed by atoms with E-state index in [1.54, 1.807) is 7.11 Å². The molecule has 1 aliphatic heterocycles. The monoisotopic (exact) mass is 276 g/mol. The van der Waals surface area contributed by atoms with E-state index in [1.807, 2.05) is 0 Å². The average molecular weight is 276 g/mol. The van der Waals surface area contributed by atoms with Gasteiger partial charge in [-0.3, -0.25) is 0 Å². The van der Waals surface area contributed by atoms with Gasteiger partial charge in [-0.15, -0.1) is 0 Å². The van der Waals surface area contributed by atoms with E-state index >= 15 is 0 Å². The maximum Gasteiger partial charge on any atom is 0.123 e. The molecule has 0 aromatic heterocycles. The van der Waals surface area contributed by atoms with E-state index in [0.717, 1.165) is 12.3 Å². The molecular weight excluding hydrogens is 248 g/mol. The number of aryl methyl sites for hydroxylation is 1. The van der Waals surface area contributed by atoms with Gasteiger partial charge in [-0.05, 0) is 51.9 Å². The highest BCUT2D eigenvalue weighted by Crippen LogP contribution is 2.20. The molecule has 1 fully saturated rings.